The minimum atomic E-state index is -1.03. The highest BCUT2D eigenvalue weighted by atomic mass is 19.1. The molecule has 2 heterocycles. The molecule has 3 nitrogen and oxygen atoms in total. The number of halogens is 2. The Balaban J connectivity index is 1.96. The van der Waals surface area contributed by atoms with E-state index >= 15 is 0 Å². The van der Waals surface area contributed by atoms with Crippen LogP contribution in [0.2, 0.25) is 0 Å². The van der Waals surface area contributed by atoms with E-state index in [0.29, 0.717) is 12.2 Å². The third kappa shape index (κ3) is 2.02. The molecule has 0 radical (unpaired) electrons. The van der Waals surface area contributed by atoms with Crippen molar-refractivity contribution >= 4 is 0 Å². The van der Waals surface area contributed by atoms with Gasteiger partial charge in [-0.25, -0.2) is 8.78 Å². The van der Waals surface area contributed by atoms with Crippen molar-refractivity contribution in [1.29, 1.82) is 0 Å². The molecule has 2 unspecified atom stereocenters. The van der Waals surface area contributed by atoms with Gasteiger partial charge in [-0.05, 0) is 37.1 Å². The summed E-state index contributed by atoms with van der Waals surface area (Å²) in [6.45, 7) is 1.31. The average molecular weight is 255 g/mol. The molecule has 0 aliphatic carbocycles. The third-order valence-electron chi connectivity index (χ3n) is 3.74. The third-order valence-corrected chi connectivity index (χ3v) is 3.74. The van der Waals surface area contributed by atoms with Gasteiger partial charge in [0.05, 0.1) is 12.6 Å². The van der Waals surface area contributed by atoms with Crippen LogP contribution in [0, 0.1) is 11.6 Å². The van der Waals surface area contributed by atoms with Crippen molar-refractivity contribution in [3.63, 3.8) is 0 Å². The van der Waals surface area contributed by atoms with Gasteiger partial charge in [0.25, 0.3) is 0 Å². The number of aliphatic hydroxyl groups excluding tert-OH is 1. The molecule has 0 spiro atoms. The first kappa shape index (κ1) is 12.0. The molecule has 3 rings (SSSR count). The molecule has 2 saturated heterocycles. The highest BCUT2D eigenvalue weighted by Gasteiger charge is 2.40. The number of hydrogen-bond acceptors (Lipinski definition) is 3. The van der Waals surface area contributed by atoms with Crippen molar-refractivity contribution in [2.45, 2.75) is 31.2 Å². The second-order valence-electron chi connectivity index (χ2n) is 4.91. The van der Waals surface area contributed by atoms with Crippen LogP contribution in [0.25, 0.3) is 0 Å². The fourth-order valence-corrected chi connectivity index (χ4v) is 2.97. The standard InChI is InChI=1S/C13H15F2NO2/c14-9-4-8(5-10(15)6-9)12-13(17)18-7-11-2-1-3-16(11)12/h4-6,11-13,17H,1-3,7H2/t11-,12?,13?/m0/s1. The monoisotopic (exact) mass is 255 g/mol. The first-order valence-corrected chi connectivity index (χ1v) is 6.16. The first-order chi connectivity index (χ1) is 8.65. The van der Waals surface area contributed by atoms with E-state index in [9.17, 15) is 13.9 Å². The molecule has 18 heavy (non-hydrogen) atoms. The predicted octanol–water partition coefficient (Wildman–Crippen LogP) is 1.82. The summed E-state index contributed by atoms with van der Waals surface area (Å²) in [6.07, 6.45) is 0.997. The second kappa shape index (κ2) is 4.57. The van der Waals surface area contributed by atoms with Crippen LogP contribution in [-0.2, 0) is 4.74 Å². The lowest BCUT2D eigenvalue weighted by Crippen LogP contribution is -2.48. The van der Waals surface area contributed by atoms with Crippen LogP contribution in [-0.4, -0.2) is 35.5 Å². The molecule has 2 aliphatic heterocycles. The molecule has 2 aliphatic rings. The van der Waals surface area contributed by atoms with E-state index in [0.717, 1.165) is 25.5 Å². The SMILES string of the molecule is OC1OC[C@@H]2CCCN2C1c1cc(F)cc(F)c1. The lowest BCUT2D eigenvalue weighted by Gasteiger charge is -2.40. The topological polar surface area (TPSA) is 32.7 Å². The molecular weight excluding hydrogens is 240 g/mol. The Bertz CT molecular complexity index is 434. The van der Waals surface area contributed by atoms with E-state index in [1.807, 2.05) is 0 Å². The van der Waals surface area contributed by atoms with E-state index in [2.05, 4.69) is 4.90 Å². The summed E-state index contributed by atoms with van der Waals surface area (Å²) >= 11 is 0. The normalized spacial score (nSPS) is 32.5. The lowest BCUT2D eigenvalue weighted by atomic mass is 10.0. The van der Waals surface area contributed by atoms with Gasteiger partial charge in [-0.1, -0.05) is 0 Å². The smallest absolute Gasteiger partial charge is 0.174 e. The number of fused-ring (bicyclic) bond motifs is 1. The molecule has 0 amide bonds. The minimum absolute atomic E-state index is 0.240. The zero-order chi connectivity index (χ0) is 12.7. The van der Waals surface area contributed by atoms with Crippen molar-refractivity contribution in [2.24, 2.45) is 0 Å². The summed E-state index contributed by atoms with van der Waals surface area (Å²) < 4.78 is 31.9. The summed E-state index contributed by atoms with van der Waals surface area (Å²) in [7, 11) is 0. The zero-order valence-electron chi connectivity index (χ0n) is 9.85. The molecule has 98 valence electrons. The van der Waals surface area contributed by atoms with Gasteiger partial charge in [0, 0.05) is 12.1 Å². The fraction of sp³-hybridized carbons (Fsp3) is 0.538. The Hall–Kier alpha value is -1.04. The van der Waals surface area contributed by atoms with E-state index in [1.54, 1.807) is 0 Å². The molecule has 5 heteroatoms. The zero-order valence-corrected chi connectivity index (χ0v) is 9.85. The molecule has 0 bridgehead atoms. The second-order valence-corrected chi connectivity index (χ2v) is 4.91. The largest absolute Gasteiger partial charge is 0.366 e. The number of rotatable bonds is 1. The van der Waals surface area contributed by atoms with Crippen molar-refractivity contribution in [1.82, 2.24) is 4.90 Å². The van der Waals surface area contributed by atoms with Crippen molar-refractivity contribution in [2.75, 3.05) is 13.2 Å². The van der Waals surface area contributed by atoms with Crippen LogP contribution >= 0.6 is 0 Å². The van der Waals surface area contributed by atoms with E-state index in [1.165, 1.54) is 12.1 Å². The maximum absolute atomic E-state index is 13.3. The number of benzene rings is 1. The van der Waals surface area contributed by atoms with Crippen molar-refractivity contribution < 1.29 is 18.6 Å². The average Bonchev–Trinajstić information content (AvgIpc) is 2.75. The summed E-state index contributed by atoms with van der Waals surface area (Å²) in [5, 5.41) is 9.94. The first-order valence-electron chi connectivity index (χ1n) is 6.16. The molecular formula is C13H15F2NO2. The van der Waals surface area contributed by atoms with E-state index < -0.39 is 24.0 Å². The predicted molar refractivity (Wildman–Crippen MR) is 60.8 cm³/mol. The summed E-state index contributed by atoms with van der Waals surface area (Å²) in [5.74, 6) is -1.25. The van der Waals surface area contributed by atoms with Crippen LogP contribution in [0.1, 0.15) is 24.4 Å². The lowest BCUT2D eigenvalue weighted by molar-refractivity contribution is -0.193. The number of nitrogens with zero attached hydrogens (tertiary/aromatic N) is 1. The molecule has 1 aromatic carbocycles. The maximum Gasteiger partial charge on any atom is 0.174 e. The van der Waals surface area contributed by atoms with Gasteiger partial charge < -0.3 is 9.84 Å². The molecule has 2 fully saturated rings. The minimum Gasteiger partial charge on any atom is -0.366 e. The Morgan fingerprint density at radius 3 is 2.67 bits per heavy atom. The van der Waals surface area contributed by atoms with Crippen molar-refractivity contribution in [3.05, 3.63) is 35.4 Å². The number of morpholine rings is 1. The maximum atomic E-state index is 13.3. The van der Waals surface area contributed by atoms with Gasteiger partial charge in [0.2, 0.25) is 0 Å². The van der Waals surface area contributed by atoms with E-state index in [4.69, 9.17) is 4.74 Å². The highest BCUT2D eigenvalue weighted by Crippen LogP contribution is 2.36. The Labute approximate surface area is 104 Å². The highest BCUT2D eigenvalue weighted by molar-refractivity contribution is 5.23. The number of aliphatic hydroxyl groups is 1. The molecule has 0 saturated carbocycles. The summed E-state index contributed by atoms with van der Waals surface area (Å²) in [4.78, 5) is 2.09. The van der Waals surface area contributed by atoms with Crippen LogP contribution in [0.3, 0.4) is 0 Å². The van der Waals surface area contributed by atoms with E-state index in [-0.39, 0.29) is 6.04 Å². The van der Waals surface area contributed by atoms with Gasteiger partial charge in [-0.2, -0.15) is 0 Å². The van der Waals surface area contributed by atoms with Crippen LogP contribution in [0.4, 0.5) is 8.78 Å². The van der Waals surface area contributed by atoms with Crippen LogP contribution in [0.5, 0.6) is 0 Å². The quantitative estimate of drug-likeness (QED) is 0.831. The Kier molecular flexibility index (Phi) is 3.05. The molecule has 1 N–H and O–H groups in total. The van der Waals surface area contributed by atoms with Gasteiger partial charge in [0.15, 0.2) is 6.29 Å². The van der Waals surface area contributed by atoms with Gasteiger partial charge >= 0.3 is 0 Å². The van der Waals surface area contributed by atoms with Crippen LogP contribution in [0.15, 0.2) is 18.2 Å². The van der Waals surface area contributed by atoms with Crippen molar-refractivity contribution in [3.8, 4) is 0 Å². The number of ether oxygens (including phenoxy) is 1. The Morgan fingerprint density at radius 2 is 1.94 bits per heavy atom. The van der Waals surface area contributed by atoms with Gasteiger partial charge in [0.1, 0.15) is 11.6 Å². The molecule has 3 atom stereocenters. The van der Waals surface area contributed by atoms with Crippen LogP contribution < -0.4 is 0 Å². The molecule has 0 aromatic heterocycles. The Morgan fingerprint density at radius 1 is 1.22 bits per heavy atom. The summed E-state index contributed by atoms with van der Waals surface area (Å²) in [6, 6.07) is 3.13. The summed E-state index contributed by atoms with van der Waals surface area (Å²) in [5.41, 5.74) is 0.437. The fourth-order valence-electron chi connectivity index (χ4n) is 2.97. The van der Waals surface area contributed by atoms with Gasteiger partial charge in [-0.3, -0.25) is 4.90 Å². The molecule has 1 aromatic rings. The van der Waals surface area contributed by atoms with Gasteiger partial charge in [-0.15, -0.1) is 0 Å². The number of hydrogen-bond donors (Lipinski definition) is 1.